The number of hydrogen-bond donors (Lipinski definition) is 0. The Bertz CT molecular complexity index is 641. The summed E-state index contributed by atoms with van der Waals surface area (Å²) >= 11 is 9.79. The van der Waals surface area contributed by atoms with E-state index >= 15 is 0 Å². The number of alkyl halides is 1. The van der Waals surface area contributed by atoms with Gasteiger partial charge >= 0.3 is 0 Å². The second-order valence-electron chi connectivity index (χ2n) is 4.72. The Kier molecular flexibility index (Phi) is 5.22. The molecule has 2 rings (SSSR count). The Hall–Kier alpha value is -1.13. The summed E-state index contributed by atoms with van der Waals surface area (Å²) in [6.45, 7) is 1.93. The maximum Gasteiger partial charge on any atom is 0.129 e. The lowest BCUT2D eigenvalue weighted by atomic mass is 10.0. The van der Waals surface area contributed by atoms with Crippen LogP contribution >= 0.6 is 27.5 Å². The summed E-state index contributed by atoms with van der Waals surface area (Å²) in [5.74, 6) is -0.580. The minimum absolute atomic E-state index is 0.0174. The Morgan fingerprint density at radius 2 is 1.86 bits per heavy atom. The summed E-state index contributed by atoms with van der Waals surface area (Å²) in [4.78, 5) is 0. The summed E-state index contributed by atoms with van der Waals surface area (Å²) in [5, 5.41) is -0.594. The average molecular weight is 376 g/mol. The smallest absolute Gasteiger partial charge is 0.129 e. The molecule has 0 amide bonds. The predicted molar refractivity (Wildman–Crippen MR) is 84.1 cm³/mol. The number of rotatable bonds is 4. The van der Waals surface area contributed by atoms with Gasteiger partial charge in [0.25, 0.3) is 0 Å². The van der Waals surface area contributed by atoms with E-state index < -0.39 is 17.0 Å². The van der Waals surface area contributed by atoms with Gasteiger partial charge in [0.2, 0.25) is 0 Å². The molecule has 0 fully saturated rings. The predicted octanol–water partition coefficient (Wildman–Crippen LogP) is 5.57. The summed E-state index contributed by atoms with van der Waals surface area (Å²) in [6.07, 6.45) is 0.0475. The second kappa shape index (κ2) is 6.75. The zero-order valence-electron chi connectivity index (χ0n) is 11.6. The molecule has 0 aliphatic heterocycles. The van der Waals surface area contributed by atoms with Crippen molar-refractivity contribution in [1.29, 1.82) is 0 Å². The van der Waals surface area contributed by atoms with Gasteiger partial charge in [0.1, 0.15) is 17.4 Å². The summed E-state index contributed by atoms with van der Waals surface area (Å²) in [6, 6.07) is 7.45. The fourth-order valence-corrected chi connectivity index (χ4v) is 2.79. The standard InChI is InChI=1S/C16H14BrClF2O/c1-9-6-16(21-2)10(7-12(9)17)13(18)8-11-14(19)4-3-5-15(11)20/h3-7,13H,8H2,1-2H3. The second-order valence-corrected chi connectivity index (χ2v) is 6.10. The van der Waals surface area contributed by atoms with Crippen molar-refractivity contribution >= 4 is 27.5 Å². The zero-order valence-corrected chi connectivity index (χ0v) is 13.9. The molecule has 21 heavy (non-hydrogen) atoms. The number of halogens is 4. The van der Waals surface area contributed by atoms with Crippen molar-refractivity contribution in [2.24, 2.45) is 0 Å². The van der Waals surface area contributed by atoms with Crippen LogP contribution in [0.2, 0.25) is 0 Å². The molecule has 0 N–H and O–H groups in total. The largest absolute Gasteiger partial charge is 0.496 e. The van der Waals surface area contributed by atoms with Crippen molar-refractivity contribution in [3.05, 3.63) is 63.1 Å². The van der Waals surface area contributed by atoms with E-state index in [1.807, 2.05) is 19.1 Å². The van der Waals surface area contributed by atoms with Crippen LogP contribution in [-0.4, -0.2) is 7.11 Å². The average Bonchev–Trinajstić information content (AvgIpc) is 2.45. The maximum absolute atomic E-state index is 13.7. The van der Waals surface area contributed by atoms with Crippen LogP contribution in [0.4, 0.5) is 8.78 Å². The number of hydrogen-bond acceptors (Lipinski definition) is 1. The lowest BCUT2D eigenvalue weighted by Crippen LogP contribution is -2.04. The van der Waals surface area contributed by atoms with Crippen molar-refractivity contribution in [1.82, 2.24) is 0 Å². The first-order valence-corrected chi connectivity index (χ1v) is 7.58. The molecule has 0 aromatic heterocycles. The zero-order chi connectivity index (χ0) is 15.6. The highest BCUT2D eigenvalue weighted by Gasteiger charge is 2.19. The normalized spacial score (nSPS) is 12.3. The number of benzene rings is 2. The molecule has 0 bridgehead atoms. The molecule has 1 nitrogen and oxygen atoms in total. The molecule has 1 atom stereocenters. The van der Waals surface area contributed by atoms with Gasteiger partial charge in [-0.05, 0) is 43.2 Å². The van der Waals surface area contributed by atoms with Crippen LogP contribution in [0.1, 0.15) is 22.1 Å². The van der Waals surface area contributed by atoms with E-state index in [4.69, 9.17) is 16.3 Å². The van der Waals surface area contributed by atoms with Gasteiger partial charge in [-0.25, -0.2) is 8.78 Å². The SMILES string of the molecule is COc1cc(C)c(Br)cc1C(Cl)Cc1c(F)cccc1F. The van der Waals surface area contributed by atoms with Gasteiger partial charge in [-0.15, -0.1) is 11.6 Å². The fraction of sp³-hybridized carbons (Fsp3) is 0.250. The minimum atomic E-state index is -0.594. The van der Waals surface area contributed by atoms with Crippen LogP contribution < -0.4 is 4.74 Å². The molecule has 0 saturated carbocycles. The van der Waals surface area contributed by atoms with Crippen molar-refractivity contribution in [2.75, 3.05) is 7.11 Å². The van der Waals surface area contributed by atoms with Crippen LogP contribution in [-0.2, 0) is 6.42 Å². The van der Waals surface area contributed by atoms with Gasteiger partial charge in [0, 0.05) is 15.6 Å². The highest BCUT2D eigenvalue weighted by atomic mass is 79.9. The van der Waals surface area contributed by atoms with Crippen LogP contribution in [0.5, 0.6) is 5.75 Å². The van der Waals surface area contributed by atoms with Crippen LogP contribution in [0.3, 0.4) is 0 Å². The van der Waals surface area contributed by atoms with Crippen LogP contribution in [0.25, 0.3) is 0 Å². The van der Waals surface area contributed by atoms with E-state index in [1.165, 1.54) is 18.2 Å². The Morgan fingerprint density at radius 3 is 2.43 bits per heavy atom. The number of aryl methyl sites for hydroxylation is 1. The van der Waals surface area contributed by atoms with E-state index in [1.54, 1.807) is 7.11 Å². The first-order chi connectivity index (χ1) is 9.93. The summed E-state index contributed by atoms with van der Waals surface area (Å²) < 4.78 is 33.6. The molecule has 0 saturated heterocycles. The van der Waals surface area contributed by atoms with E-state index in [9.17, 15) is 8.78 Å². The monoisotopic (exact) mass is 374 g/mol. The number of methoxy groups -OCH3 is 1. The maximum atomic E-state index is 13.7. The van der Waals surface area contributed by atoms with Crippen molar-refractivity contribution in [3.63, 3.8) is 0 Å². The van der Waals surface area contributed by atoms with Gasteiger partial charge in [-0.3, -0.25) is 0 Å². The molecule has 2 aromatic carbocycles. The lowest BCUT2D eigenvalue weighted by Gasteiger charge is -2.16. The molecule has 1 unspecified atom stereocenters. The first-order valence-electron chi connectivity index (χ1n) is 6.35. The molecule has 0 aliphatic carbocycles. The van der Waals surface area contributed by atoms with Gasteiger partial charge in [-0.1, -0.05) is 22.0 Å². The van der Waals surface area contributed by atoms with Crippen LogP contribution in [0.15, 0.2) is 34.8 Å². The van der Waals surface area contributed by atoms with Gasteiger partial charge in [0.05, 0.1) is 12.5 Å². The van der Waals surface area contributed by atoms with Gasteiger partial charge < -0.3 is 4.74 Å². The quantitative estimate of drug-likeness (QED) is 0.635. The van der Waals surface area contributed by atoms with Crippen molar-refractivity contribution in [3.8, 4) is 5.75 Å². The fourth-order valence-electron chi connectivity index (χ4n) is 2.11. The van der Waals surface area contributed by atoms with E-state index in [0.717, 1.165) is 10.0 Å². The number of ether oxygens (including phenoxy) is 1. The minimum Gasteiger partial charge on any atom is -0.496 e. The van der Waals surface area contributed by atoms with Gasteiger partial charge in [-0.2, -0.15) is 0 Å². The van der Waals surface area contributed by atoms with Crippen LogP contribution in [0, 0.1) is 18.6 Å². The molecule has 0 radical (unpaired) electrons. The Balaban J connectivity index is 2.37. The molecule has 5 heteroatoms. The van der Waals surface area contributed by atoms with Crippen molar-refractivity contribution < 1.29 is 13.5 Å². The Labute approximate surface area is 136 Å². The van der Waals surface area contributed by atoms with E-state index in [0.29, 0.717) is 11.3 Å². The van der Waals surface area contributed by atoms with Crippen molar-refractivity contribution in [2.45, 2.75) is 18.7 Å². The molecular weight excluding hydrogens is 362 g/mol. The molecule has 0 spiro atoms. The summed E-state index contributed by atoms with van der Waals surface area (Å²) in [7, 11) is 1.54. The molecular formula is C16H14BrClF2O. The highest BCUT2D eigenvalue weighted by Crippen LogP contribution is 2.36. The molecule has 0 aliphatic rings. The lowest BCUT2D eigenvalue weighted by molar-refractivity contribution is 0.408. The van der Waals surface area contributed by atoms with E-state index in [2.05, 4.69) is 15.9 Å². The third-order valence-electron chi connectivity index (χ3n) is 3.29. The topological polar surface area (TPSA) is 9.23 Å². The molecule has 2 aromatic rings. The molecule has 0 heterocycles. The third-order valence-corrected chi connectivity index (χ3v) is 4.54. The van der Waals surface area contributed by atoms with Gasteiger partial charge in [0.15, 0.2) is 0 Å². The third kappa shape index (κ3) is 3.55. The molecule has 112 valence electrons. The first kappa shape index (κ1) is 16.2. The highest BCUT2D eigenvalue weighted by molar-refractivity contribution is 9.10. The van der Waals surface area contributed by atoms with E-state index in [-0.39, 0.29) is 12.0 Å². The Morgan fingerprint density at radius 1 is 1.24 bits per heavy atom. The summed E-state index contributed by atoms with van der Waals surface area (Å²) in [5.41, 5.74) is 1.67.